The molecule has 3 N–H and O–H groups in total. The molecule has 14 nitrogen and oxygen atoms in total. The maximum absolute atomic E-state index is 14.6. The van der Waals surface area contributed by atoms with Crippen LogP contribution in [-0.4, -0.2) is 106 Å². The first-order valence-corrected chi connectivity index (χ1v) is 23.3. The van der Waals surface area contributed by atoms with Crippen molar-refractivity contribution in [3.8, 4) is 0 Å². The third-order valence-corrected chi connectivity index (χ3v) is 15.4. The molecule has 5 aliphatic rings. The Kier molecular flexibility index (Phi) is 18.4. The van der Waals surface area contributed by atoms with Gasteiger partial charge in [0, 0.05) is 42.0 Å². The maximum Gasteiger partial charge on any atom is 1.00 e. The Bertz CT molecular complexity index is 1600. The Labute approximate surface area is 391 Å². The molecule has 0 aromatic carbocycles. The van der Waals surface area contributed by atoms with Crippen molar-refractivity contribution in [1.29, 1.82) is 0 Å². The average molecular weight is 886 g/mol. The third kappa shape index (κ3) is 10.9. The van der Waals surface area contributed by atoms with Crippen LogP contribution in [0.15, 0.2) is 12.2 Å². The summed E-state index contributed by atoms with van der Waals surface area (Å²) in [6, 6.07) is -0.812. The van der Waals surface area contributed by atoms with Gasteiger partial charge in [-0.25, -0.2) is 0 Å². The first-order valence-electron chi connectivity index (χ1n) is 23.3. The van der Waals surface area contributed by atoms with Crippen LogP contribution < -0.4 is 40.0 Å². The fraction of sp³-hybridized carbons (Fsp3) is 0.872. The number of ketones is 1. The van der Waals surface area contributed by atoms with Gasteiger partial charge < -0.3 is 53.9 Å². The fourth-order valence-corrected chi connectivity index (χ4v) is 11.2. The number of ether oxygens (including phenoxy) is 6. The minimum absolute atomic E-state index is 0. The Morgan fingerprint density at radius 3 is 2.18 bits per heavy atom. The molecule has 0 aromatic heterocycles. The average Bonchev–Trinajstić information content (AvgIpc) is 3.55. The van der Waals surface area contributed by atoms with Crippen LogP contribution in [-0.2, 0) is 47.6 Å². The van der Waals surface area contributed by atoms with Crippen molar-refractivity contribution >= 4 is 23.6 Å². The molecule has 15 heteroatoms. The van der Waals surface area contributed by atoms with Crippen LogP contribution in [0.4, 0.5) is 0 Å². The number of nitrogens with one attached hydrogen (secondary N) is 1. The largest absolute Gasteiger partial charge is 1.00 e. The molecule has 5 rings (SSSR count). The van der Waals surface area contributed by atoms with Gasteiger partial charge in [0.25, 0.3) is 0 Å². The quantitative estimate of drug-likeness (QED) is 0.0881. The zero-order valence-electron chi connectivity index (χ0n) is 39.6. The molecule has 0 aliphatic carbocycles. The van der Waals surface area contributed by atoms with Crippen molar-refractivity contribution in [2.24, 2.45) is 41.4 Å². The number of hydrogen-bond donors (Lipinski definition) is 3. The van der Waals surface area contributed by atoms with Crippen molar-refractivity contribution in [2.45, 2.75) is 212 Å². The number of esters is 1. The first-order chi connectivity index (χ1) is 28.6. The van der Waals surface area contributed by atoms with E-state index >= 15 is 0 Å². The van der Waals surface area contributed by atoms with Gasteiger partial charge in [0.1, 0.15) is 18.2 Å². The van der Waals surface area contributed by atoms with Gasteiger partial charge in [-0.05, 0) is 96.5 Å². The number of aliphatic hydroxyl groups is 2. The van der Waals surface area contributed by atoms with Gasteiger partial charge in [0.15, 0.2) is 11.6 Å². The number of Topliss-reactive ketones (excluding diaryl/α,β-unsaturated/α-hetero) is 1. The van der Waals surface area contributed by atoms with E-state index < -0.39 is 107 Å². The molecule has 1 amide bonds. The van der Waals surface area contributed by atoms with E-state index in [0.29, 0.717) is 57.8 Å². The van der Waals surface area contributed by atoms with Crippen molar-refractivity contribution in [3.63, 3.8) is 0 Å². The Hall–Kier alpha value is -1.46. The van der Waals surface area contributed by atoms with Crippen LogP contribution in [0.25, 0.3) is 0 Å². The smallest absolute Gasteiger partial charge is 0.550 e. The molecule has 2 spiro atoms. The number of carboxylic acids is 1. The van der Waals surface area contributed by atoms with E-state index in [-0.39, 0.29) is 65.8 Å². The summed E-state index contributed by atoms with van der Waals surface area (Å²) in [6.45, 7) is 21.1. The number of carbonyl (C=O) groups is 4. The van der Waals surface area contributed by atoms with E-state index in [1.54, 1.807) is 20.8 Å². The van der Waals surface area contributed by atoms with Crippen molar-refractivity contribution in [3.05, 3.63) is 12.2 Å². The molecule has 4 saturated heterocycles. The van der Waals surface area contributed by atoms with Gasteiger partial charge >= 0.3 is 35.5 Å². The molecule has 0 unspecified atom stereocenters. The van der Waals surface area contributed by atoms with Gasteiger partial charge in [0.2, 0.25) is 5.91 Å². The van der Waals surface area contributed by atoms with Gasteiger partial charge in [-0.2, -0.15) is 0 Å². The van der Waals surface area contributed by atoms with Gasteiger partial charge in [0.05, 0.1) is 54.4 Å². The van der Waals surface area contributed by atoms with Gasteiger partial charge in [-0.15, -0.1) is 0 Å². The van der Waals surface area contributed by atoms with E-state index in [9.17, 15) is 34.5 Å². The summed E-state index contributed by atoms with van der Waals surface area (Å²) in [6.07, 6.45) is 5.06. The maximum atomic E-state index is 14.6. The van der Waals surface area contributed by atoms with E-state index in [2.05, 4.69) is 12.2 Å². The van der Waals surface area contributed by atoms with Crippen LogP contribution in [0.5, 0.6) is 0 Å². The number of hydrogen-bond acceptors (Lipinski definition) is 13. The van der Waals surface area contributed by atoms with Gasteiger partial charge in [-0.1, -0.05) is 61.5 Å². The number of carbonyl (C=O) groups excluding carboxylic acids is 4. The Balaban J connectivity index is 0.00000845. The number of aliphatic carboxylic acids is 1. The number of carboxylic acid groups (broad SMARTS) is 1. The van der Waals surface area contributed by atoms with Crippen LogP contribution in [0.2, 0.25) is 0 Å². The van der Waals surface area contributed by atoms with Crippen LogP contribution in [0.1, 0.15) is 147 Å². The SMILES string of the molecule is CCOC(=O)CC(=O)N[C@H]1C=C[C@]2(O[C@H]([C@@H](CC)C(=O)[C@@H](C)[C@@H](O)[C@H](C)[C@@H]3O[C@@H]([C@@H](CC)C(=O)[O-])CC[C@@H]3C)[C@@H](C)C[C@H]2C)O[C@@]12CC[C@@](C)([C@H]1CC[C@](O)(CC)[C@H](C)O1)O2.[Na+]. The molecule has 0 aromatic rings. The van der Waals surface area contributed by atoms with Crippen LogP contribution >= 0.6 is 0 Å². The number of amides is 1. The summed E-state index contributed by atoms with van der Waals surface area (Å²) in [5.41, 5.74) is -1.81. The summed E-state index contributed by atoms with van der Waals surface area (Å²) in [5, 5.41) is 37.9. The van der Waals surface area contributed by atoms with E-state index in [0.717, 1.165) is 6.42 Å². The Morgan fingerprint density at radius 1 is 0.903 bits per heavy atom. The standard InChI is InChI=1S/C47H77NO13.Na/c1-12-32(43(53)54)34-17-16-26(5)41(58-34)30(9)39(51)29(8)40(52)33(13-2)42-27(6)24-28(7)46(59-42)21-18-35(48-37(49)25-38(50)56-15-4)47(61-46)23-22-44(11,60-47)36-19-20-45(55,14-3)31(10)57-36;/h18,21,26-36,39,41-42,51,55H,12-17,19-20,22-25H2,1-11H3,(H,48,49)(H,53,54);/q;+1/p-1/t26-,27-,28+,29-,30-,31-,32+,33-,34+,35-,36+,39+,41+,42-,44-,45+,46-,47-;/m0./s1. The van der Waals surface area contributed by atoms with E-state index in [1.165, 1.54) is 0 Å². The summed E-state index contributed by atoms with van der Waals surface area (Å²) in [5.74, 6) is -8.05. The molecular formula is C47H76NNaO13. The molecule has 0 saturated carbocycles. The summed E-state index contributed by atoms with van der Waals surface area (Å²) < 4.78 is 39.3. The van der Waals surface area contributed by atoms with Gasteiger partial charge in [-0.3, -0.25) is 14.4 Å². The molecule has 5 heterocycles. The number of aliphatic hydroxyl groups excluding tert-OH is 1. The molecule has 348 valence electrons. The zero-order valence-corrected chi connectivity index (χ0v) is 41.6. The minimum atomic E-state index is -1.44. The molecule has 4 fully saturated rings. The predicted octanol–water partition coefficient (Wildman–Crippen LogP) is 1.93. The summed E-state index contributed by atoms with van der Waals surface area (Å²) in [7, 11) is 0. The topological polar surface area (TPSA) is 199 Å². The Morgan fingerprint density at radius 2 is 1.58 bits per heavy atom. The fourth-order valence-electron chi connectivity index (χ4n) is 11.2. The van der Waals surface area contributed by atoms with Crippen LogP contribution in [0.3, 0.4) is 0 Å². The molecule has 0 bridgehead atoms. The minimum Gasteiger partial charge on any atom is -0.550 e. The third-order valence-electron chi connectivity index (χ3n) is 15.4. The number of rotatable bonds is 16. The monoisotopic (exact) mass is 886 g/mol. The second kappa shape index (κ2) is 21.4. The van der Waals surface area contributed by atoms with Crippen LogP contribution in [0, 0.1) is 41.4 Å². The second-order valence-electron chi connectivity index (χ2n) is 19.5. The molecule has 18 atom stereocenters. The van der Waals surface area contributed by atoms with E-state index in [1.807, 2.05) is 60.6 Å². The predicted molar refractivity (Wildman–Crippen MR) is 223 cm³/mol. The molecule has 62 heavy (non-hydrogen) atoms. The summed E-state index contributed by atoms with van der Waals surface area (Å²) >= 11 is 0. The summed E-state index contributed by atoms with van der Waals surface area (Å²) in [4.78, 5) is 52.2. The normalized spacial score (nSPS) is 40.8. The van der Waals surface area contributed by atoms with E-state index in [4.69, 9.17) is 28.4 Å². The first kappa shape index (κ1) is 53.2. The van der Waals surface area contributed by atoms with Crippen molar-refractivity contribution in [2.75, 3.05) is 6.61 Å². The second-order valence-corrected chi connectivity index (χ2v) is 19.5. The molecule has 5 aliphatic heterocycles. The van der Waals surface area contributed by atoms with Crippen molar-refractivity contribution < 1.29 is 92.5 Å². The zero-order chi connectivity index (χ0) is 45.2. The molecular weight excluding hydrogens is 810 g/mol. The molecule has 0 radical (unpaired) electrons. The van der Waals surface area contributed by atoms with Crippen molar-refractivity contribution in [1.82, 2.24) is 5.32 Å².